The van der Waals surface area contributed by atoms with Crippen LogP contribution < -0.4 is 5.32 Å². The number of nitrogens with one attached hydrogen (secondary N) is 1. The lowest BCUT2D eigenvalue weighted by atomic mass is 9.99. The second kappa shape index (κ2) is 9.78. The van der Waals surface area contributed by atoms with E-state index in [1.165, 1.54) is 25.0 Å². The summed E-state index contributed by atoms with van der Waals surface area (Å²) in [4.78, 5) is 20.1. The first-order valence-corrected chi connectivity index (χ1v) is 12.1. The van der Waals surface area contributed by atoms with Crippen molar-refractivity contribution in [3.8, 4) is 5.69 Å². The van der Waals surface area contributed by atoms with Gasteiger partial charge in [0.1, 0.15) is 0 Å². The molecule has 4 aromatic rings. The molecular formula is C28H27F3N4O. The number of halogens is 3. The van der Waals surface area contributed by atoms with E-state index in [9.17, 15) is 18.0 Å². The second-order valence-corrected chi connectivity index (χ2v) is 9.42. The van der Waals surface area contributed by atoms with Gasteiger partial charge in [0.15, 0.2) is 0 Å². The molecule has 1 aliphatic heterocycles. The third-order valence-electron chi connectivity index (χ3n) is 6.69. The summed E-state index contributed by atoms with van der Waals surface area (Å²) in [6.07, 6.45) is -2.15. The van der Waals surface area contributed by atoms with Crippen LogP contribution in [0, 0.1) is 5.92 Å². The van der Waals surface area contributed by atoms with E-state index in [1.807, 2.05) is 47.0 Å². The van der Waals surface area contributed by atoms with Gasteiger partial charge in [-0.15, -0.1) is 0 Å². The fraction of sp³-hybridized carbons (Fsp3) is 0.286. The number of hydrogen-bond acceptors (Lipinski definition) is 3. The molecule has 0 spiro atoms. The number of amides is 1. The Bertz CT molecular complexity index is 1370. The first-order chi connectivity index (χ1) is 17.3. The van der Waals surface area contributed by atoms with Crippen LogP contribution in [0.25, 0.3) is 16.7 Å². The van der Waals surface area contributed by atoms with Gasteiger partial charge in [0.2, 0.25) is 5.95 Å². The van der Waals surface area contributed by atoms with Crippen molar-refractivity contribution in [2.45, 2.75) is 32.5 Å². The highest BCUT2D eigenvalue weighted by Crippen LogP contribution is 2.30. The SMILES string of the molecule is CC1CCN(Cc2ccc3c(c2)nc(NC(=O)c2cccc(C(F)(F)F)c2)n3-c2ccccc2)CC1. The van der Waals surface area contributed by atoms with Crippen LogP contribution in [-0.4, -0.2) is 33.4 Å². The summed E-state index contributed by atoms with van der Waals surface area (Å²) in [5.74, 6) is 0.354. The van der Waals surface area contributed by atoms with Gasteiger partial charge in [-0.25, -0.2) is 4.98 Å². The van der Waals surface area contributed by atoms with Crippen LogP contribution in [-0.2, 0) is 12.7 Å². The number of aromatic nitrogens is 2. The average Bonchev–Trinajstić information content (AvgIpc) is 3.22. The topological polar surface area (TPSA) is 50.2 Å². The van der Waals surface area contributed by atoms with E-state index in [4.69, 9.17) is 0 Å². The Balaban J connectivity index is 1.48. The van der Waals surface area contributed by atoms with Crippen LogP contribution in [0.4, 0.5) is 19.1 Å². The molecule has 186 valence electrons. The van der Waals surface area contributed by atoms with Crippen molar-refractivity contribution in [2.75, 3.05) is 18.4 Å². The van der Waals surface area contributed by atoms with E-state index >= 15 is 0 Å². The van der Waals surface area contributed by atoms with Gasteiger partial charge in [-0.2, -0.15) is 13.2 Å². The number of anilines is 1. The monoisotopic (exact) mass is 492 g/mol. The maximum absolute atomic E-state index is 13.2. The summed E-state index contributed by atoms with van der Waals surface area (Å²) in [6, 6.07) is 19.9. The van der Waals surface area contributed by atoms with E-state index in [0.29, 0.717) is 5.52 Å². The van der Waals surface area contributed by atoms with Crippen LogP contribution in [0.3, 0.4) is 0 Å². The minimum Gasteiger partial charge on any atom is -0.299 e. The number of nitrogens with zero attached hydrogens (tertiary/aromatic N) is 3. The number of fused-ring (bicyclic) bond motifs is 1. The summed E-state index contributed by atoms with van der Waals surface area (Å²) >= 11 is 0. The molecule has 0 unspecified atom stereocenters. The molecule has 0 bridgehead atoms. The molecule has 1 amide bonds. The third-order valence-corrected chi connectivity index (χ3v) is 6.69. The maximum atomic E-state index is 13.2. The Hall–Kier alpha value is -3.65. The van der Waals surface area contributed by atoms with Crippen molar-refractivity contribution in [1.29, 1.82) is 0 Å². The van der Waals surface area contributed by atoms with E-state index in [-0.39, 0.29) is 11.5 Å². The molecule has 1 aromatic heterocycles. The number of imidazole rings is 1. The quantitative estimate of drug-likeness (QED) is 0.345. The summed E-state index contributed by atoms with van der Waals surface area (Å²) < 4.78 is 41.3. The molecule has 3 aromatic carbocycles. The molecule has 1 saturated heterocycles. The molecular weight excluding hydrogens is 465 g/mol. The number of carbonyl (C=O) groups is 1. The van der Waals surface area contributed by atoms with Gasteiger partial charge < -0.3 is 0 Å². The number of likely N-dealkylation sites (tertiary alicyclic amines) is 1. The number of benzene rings is 3. The number of piperidine rings is 1. The standard InChI is InChI=1S/C28H27F3N4O/c1-19-12-14-34(15-13-19)18-20-10-11-25-24(16-20)32-27(35(25)23-8-3-2-4-9-23)33-26(36)21-6-5-7-22(17-21)28(29,30)31/h2-11,16-17,19H,12-15,18H2,1H3,(H,32,33,36). The Kier molecular flexibility index (Phi) is 6.53. The minimum absolute atomic E-state index is 0.0866. The smallest absolute Gasteiger partial charge is 0.299 e. The predicted octanol–water partition coefficient (Wildman–Crippen LogP) is 6.53. The van der Waals surface area contributed by atoms with Crippen molar-refractivity contribution in [3.63, 3.8) is 0 Å². The Morgan fingerprint density at radius 3 is 2.47 bits per heavy atom. The van der Waals surface area contributed by atoms with Gasteiger partial charge in [-0.3, -0.25) is 19.6 Å². The van der Waals surface area contributed by atoms with Gasteiger partial charge in [0.05, 0.1) is 16.6 Å². The molecule has 1 fully saturated rings. The van der Waals surface area contributed by atoms with Gasteiger partial charge in [-0.05, 0) is 79.9 Å². The summed E-state index contributed by atoms with van der Waals surface area (Å²) in [6.45, 7) is 5.24. The zero-order valence-corrected chi connectivity index (χ0v) is 19.9. The lowest BCUT2D eigenvalue weighted by Gasteiger charge is -2.30. The van der Waals surface area contributed by atoms with E-state index < -0.39 is 17.6 Å². The van der Waals surface area contributed by atoms with Crippen LogP contribution in [0.2, 0.25) is 0 Å². The molecule has 5 nitrogen and oxygen atoms in total. The van der Waals surface area contributed by atoms with E-state index in [0.717, 1.165) is 54.5 Å². The predicted molar refractivity (Wildman–Crippen MR) is 134 cm³/mol. The zero-order valence-electron chi connectivity index (χ0n) is 19.9. The van der Waals surface area contributed by atoms with Crippen molar-refractivity contribution in [3.05, 3.63) is 89.5 Å². The molecule has 36 heavy (non-hydrogen) atoms. The van der Waals surface area contributed by atoms with Gasteiger partial charge in [0.25, 0.3) is 5.91 Å². The maximum Gasteiger partial charge on any atom is 0.416 e. The van der Waals surface area contributed by atoms with Crippen LogP contribution in [0.5, 0.6) is 0 Å². The lowest BCUT2D eigenvalue weighted by molar-refractivity contribution is -0.137. The first-order valence-electron chi connectivity index (χ1n) is 12.1. The number of para-hydroxylation sites is 1. The summed E-state index contributed by atoms with van der Waals surface area (Å²) in [7, 11) is 0. The van der Waals surface area contributed by atoms with Crippen LogP contribution in [0.15, 0.2) is 72.8 Å². The van der Waals surface area contributed by atoms with Crippen molar-refractivity contribution >= 4 is 22.9 Å². The molecule has 5 rings (SSSR count). The Morgan fingerprint density at radius 1 is 1.00 bits per heavy atom. The van der Waals surface area contributed by atoms with Crippen LogP contribution in [0.1, 0.15) is 41.3 Å². The average molecular weight is 493 g/mol. The highest BCUT2D eigenvalue weighted by molar-refractivity contribution is 6.04. The molecule has 8 heteroatoms. The van der Waals surface area contributed by atoms with Crippen LogP contribution >= 0.6 is 0 Å². The first kappa shape index (κ1) is 24.1. The third kappa shape index (κ3) is 5.14. The highest BCUT2D eigenvalue weighted by Gasteiger charge is 2.31. The minimum atomic E-state index is -4.53. The van der Waals surface area contributed by atoms with Crippen molar-refractivity contribution in [2.24, 2.45) is 5.92 Å². The number of rotatable bonds is 5. The van der Waals surface area contributed by atoms with Gasteiger partial charge in [-0.1, -0.05) is 37.3 Å². The molecule has 1 N–H and O–H groups in total. The zero-order chi connectivity index (χ0) is 25.3. The molecule has 1 aliphatic rings. The molecule has 0 radical (unpaired) electrons. The fourth-order valence-electron chi connectivity index (χ4n) is 4.64. The van der Waals surface area contributed by atoms with Crippen molar-refractivity contribution < 1.29 is 18.0 Å². The Labute approximate surface area is 207 Å². The second-order valence-electron chi connectivity index (χ2n) is 9.42. The molecule has 0 saturated carbocycles. The Morgan fingerprint density at radius 2 is 1.75 bits per heavy atom. The normalized spacial score (nSPS) is 15.3. The van der Waals surface area contributed by atoms with E-state index in [2.05, 4.69) is 28.2 Å². The molecule has 0 aliphatic carbocycles. The highest BCUT2D eigenvalue weighted by atomic mass is 19.4. The lowest BCUT2D eigenvalue weighted by Crippen LogP contribution is -2.32. The fourth-order valence-corrected chi connectivity index (χ4v) is 4.64. The molecule has 2 heterocycles. The molecule has 0 atom stereocenters. The number of hydrogen-bond donors (Lipinski definition) is 1. The summed E-state index contributed by atoms with van der Waals surface area (Å²) in [5.41, 5.74) is 2.47. The number of carbonyl (C=O) groups excluding carboxylic acids is 1. The largest absolute Gasteiger partial charge is 0.416 e. The van der Waals surface area contributed by atoms with Gasteiger partial charge >= 0.3 is 6.18 Å². The van der Waals surface area contributed by atoms with Crippen molar-refractivity contribution in [1.82, 2.24) is 14.5 Å². The van der Waals surface area contributed by atoms with Gasteiger partial charge in [0, 0.05) is 17.8 Å². The number of alkyl halides is 3. The van der Waals surface area contributed by atoms with E-state index in [1.54, 1.807) is 0 Å². The summed E-state index contributed by atoms with van der Waals surface area (Å²) in [5, 5.41) is 2.73.